The van der Waals surface area contributed by atoms with Gasteiger partial charge in [0, 0.05) is 12.3 Å². The van der Waals surface area contributed by atoms with Crippen molar-refractivity contribution in [1.29, 1.82) is 5.26 Å². The third kappa shape index (κ3) is 2.47. The second-order valence-corrected chi connectivity index (χ2v) is 5.69. The summed E-state index contributed by atoms with van der Waals surface area (Å²) in [5.74, 6) is 1.87. The molecule has 0 aliphatic carbocycles. The van der Waals surface area contributed by atoms with Crippen LogP contribution in [-0.4, -0.2) is 21.6 Å². The van der Waals surface area contributed by atoms with E-state index >= 15 is 0 Å². The minimum Gasteiger partial charge on any atom is -0.326 e. The molecule has 1 aromatic heterocycles. The van der Waals surface area contributed by atoms with Gasteiger partial charge in [0.2, 0.25) is 0 Å². The van der Waals surface area contributed by atoms with Crippen LogP contribution in [0.4, 0.5) is 0 Å². The Bertz CT molecular complexity index is 598. The zero-order chi connectivity index (χ0) is 13.1. The monoisotopic (exact) mass is 279 g/mol. The standard InChI is InChI=1S/C13H14ClN3S/c1-9(14)13-16-11-4-3-10(8-15)7-12(11)17(13)5-6-18-2/h3-4,7,9H,5-6H2,1-2H3. The molecule has 0 spiro atoms. The van der Waals surface area contributed by atoms with E-state index in [9.17, 15) is 0 Å². The first-order valence-corrected chi connectivity index (χ1v) is 7.53. The highest BCUT2D eigenvalue weighted by atomic mass is 35.5. The molecule has 3 nitrogen and oxygen atoms in total. The summed E-state index contributed by atoms with van der Waals surface area (Å²) in [5, 5.41) is 8.84. The molecule has 1 atom stereocenters. The molecule has 1 unspecified atom stereocenters. The number of hydrogen-bond donors (Lipinski definition) is 0. The van der Waals surface area contributed by atoms with Gasteiger partial charge in [-0.25, -0.2) is 4.98 Å². The third-order valence-electron chi connectivity index (χ3n) is 2.78. The van der Waals surface area contributed by atoms with Gasteiger partial charge in [0.1, 0.15) is 5.82 Å². The van der Waals surface area contributed by atoms with Crippen LogP contribution in [0.2, 0.25) is 0 Å². The summed E-state index contributed by atoms with van der Waals surface area (Å²) in [6, 6.07) is 7.71. The predicted molar refractivity (Wildman–Crippen MR) is 77.1 cm³/mol. The summed E-state index contributed by atoms with van der Waals surface area (Å²) in [6.07, 6.45) is 2.07. The van der Waals surface area contributed by atoms with E-state index in [1.807, 2.05) is 19.1 Å². The van der Waals surface area contributed by atoms with Gasteiger partial charge >= 0.3 is 0 Å². The fourth-order valence-corrected chi connectivity index (χ4v) is 2.46. The molecule has 2 rings (SSSR count). The lowest BCUT2D eigenvalue weighted by Crippen LogP contribution is -2.06. The van der Waals surface area contributed by atoms with Crippen LogP contribution in [0, 0.1) is 11.3 Å². The number of benzene rings is 1. The average Bonchev–Trinajstić information content (AvgIpc) is 2.74. The number of aromatic nitrogens is 2. The van der Waals surface area contributed by atoms with Gasteiger partial charge in [-0.2, -0.15) is 17.0 Å². The highest BCUT2D eigenvalue weighted by molar-refractivity contribution is 7.98. The van der Waals surface area contributed by atoms with Crippen LogP contribution in [-0.2, 0) is 6.54 Å². The van der Waals surface area contributed by atoms with Gasteiger partial charge in [0.25, 0.3) is 0 Å². The lowest BCUT2D eigenvalue weighted by molar-refractivity contribution is 0.724. The van der Waals surface area contributed by atoms with Crippen LogP contribution < -0.4 is 0 Å². The summed E-state index contributed by atoms with van der Waals surface area (Å²) < 4.78 is 2.12. The summed E-state index contributed by atoms with van der Waals surface area (Å²) in [5.41, 5.74) is 2.55. The second kappa shape index (κ2) is 5.64. The molecular formula is C13H14ClN3S. The van der Waals surface area contributed by atoms with E-state index in [1.165, 1.54) is 0 Å². The fourth-order valence-electron chi connectivity index (χ4n) is 1.93. The van der Waals surface area contributed by atoms with Gasteiger partial charge < -0.3 is 4.57 Å². The summed E-state index contributed by atoms with van der Waals surface area (Å²) >= 11 is 7.96. The number of aryl methyl sites for hydroxylation is 1. The number of fused-ring (bicyclic) bond motifs is 1. The lowest BCUT2D eigenvalue weighted by Gasteiger charge is -2.09. The van der Waals surface area contributed by atoms with Gasteiger partial charge in [-0.3, -0.25) is 0 Å². The molecule has 1 aromatic carbocycles. The number of hydrogen-bond acceptors (Lipinski definition) is 3. The first-order valence-electron chi connectivity index (χ1n) is 5.70. The molecule has 1 heterocycles. The maximum Gasteiger partial charge on any atom is 0.127 e. The molecule has 2 aromatic rings. The number of rotatable bonds is 4. The molecule has 0 radical (unpaired) electrons. The topological polar surface area (TPSA) is 41.6 Å². The van der Waals surface area contributed by atoms with Crippen LogP contribution in [0.1, 0.15) is 23.7 Å². The first-order chi connectivity index (χ1) is 8.67. The fraction of sp³-hybridized carbons (Fsp3) is 0.385. The molecule has 0 aliphatic rings. The van der Waals surface area contributed by atoms with Gasteiger partial charge in [0.15, 0.2) is 0 Å². The molecule has 0 saturated carbocycles. The first kappa shape index (κ1) is 13.3. The maximum atomic E-state index is 8.97. The highest BCUT2D eigenvalue weighted by Gasteiger charge is 2.14. The zero-order valence-corrected chi connectivity index (χ0v) is 11.9. The normalized spacial score (nSPS) is 12.6. The number of imidazole rings is 1. The maximum absolute atomic E-state index is 8.97. The molecule has 18 heavy (non-hydrogen) atoms. The van der Waals surface area contributed by atoms with Crippen LogP contribution >= 0.6 is 23.4 Å². The Morgan fingerprint density at radius 3 is 2.94 bits per heavy atom. The van der Waals surface area contributed by atoms with E-state index in [0.29, 0.717) is 5.56 Å². The van der Waals surface area contributed by atoms with Crippen molar-refractivity contribution in [3.63, 3.8) is 0 Å². The van der Waals surface area contributed by atoms with Crippen molar-refractivity contribution in [3.8, 4) is 6.07 Å². The number of nitrogens with zero attached hydrogens (tertiary/aromatic N) is 3. The Balaban J connectivity index is 2.59. The largest absolute Gasteiger partial charge is 0.326 e. The summed E-state index contributed by atoms with van der Waals surface area (Å²) in [4.78, 5) is 4.55. The minimum atomic E-state index is -0.134. The molecule has 0 fully saturated rings. The van der Waals surface area contributed by atoms with Crippen LogP contribution in [0.3, 0.4) is 0 Å². The van der Waals surface area contributed by atoms with Gasteiger partial charge in [-0.1, -0.05) is 0 Å². The third-order valence-corrected chi connectivity index (χ3v) is 3.57. The molecule has 0 aliphatic heterocycles. The molecule has 0 saturated heterocycles. The SMILES string of the molecule is CSCCn1c(C(C)Cl)nc2ccc(C#N)cc21. The summed E-state index contributed by atoms with van der Waals surface area (Å²) in [7, 11) is 0. The van der Waals surface area contributed by atoms with E-state index < -0.39 is 0 Å². The van der Waals surface area contributed by atoms with Crippen molar-refractivity contribution in [3.05, 3.63) is 29.6 Å². The Morgan fingerprint density at radius 2 is 2.33 bits per heavy atom. The van der Waals surface area contributed by atoms with E-state index in [4.69, 9.17) is 16.9 Å². The number of nitriles is 1. The van der Waals surface area contributed by atoms with Gasteiger partial charge in [-0.15, -0.1) is 11.6 Å². The predicted octanol–water partition coefficient (Wildman–Crippen LogP) is 3.57. The van der Waals surface area contributed by atoms with Crippen molar-refractivity contribution >= 4 is 34.4 Å². The van der Waals surface area contributed by atoms with E-state index in [-0.39, 0.29) is 5.38 Å². The average molecular weight is 280 g/mol. The molecule has 94 valence electrons. The number of alkyl halides is 1. The van der Waals surface area contributed by atoms with E-state index in [2.05, 4.69) is 21.9 Å². The number of halogens is 1. The van der Waals surface area contributed by atoms with Crippen LogP contribution in [0.25, 0.3) is 11.0 Å². The zero-order valence-electron chi connectivity index (χ0n) is 10.4. The smallest absolute Gasteiger partial charge is 0.127 e. The molecule has 0 N–H and O–H groups in total. The van der Waals surface area contributed by atoms with Crippen molar-refractivity contribution in [2.45, 2.75) is 18.8 Å². The van der Waals surface area contributed by atoms with E-state index in [0.717, 1.165) is 29.2 Å². The Hall–Kier alpha value is -1.18. The van der Waals surface area contributed by atoms with Crippen LogP contribution in [0.5, 0.6) is 0 Å². The highest BCUT2D eigenvalue weighted by Crippen LogP contribution is 2.25. The van der Waals surface area contributed by atoms with Crippen molar-refractivity contribution in [2.24, 2.45) is 0 Å². The second-order valence-electron chi connectivity index (χ2n) is 4.05. The van der Waals surface area contributed by atoms with Gasteiger partial charge in [-0.05, 0) is 31.4 Å². The minimum absolute atomic E-state index is 0.134. The lowest BCUT2D eigenvalue weighted by atomic mass is 10.2. The Kier molecular flexibility index (Phi) is 4.15. The Morgan fingerprint density at radius 1 is 1.56 bits per heavy atom. The van der Waals surface area contributed by atoms with Crippen LogP contribution in [0.15, 0.2) is 18.2 Å². The molecule has 5 heteroatoms. The molecule has 0 bridgehead atoms. The Labute approximate surface area is 116 Å². The molecule has 0 amide bonds. The molecular weight excluding hydrogens is 266 g/mol. The van der Waals surface area contributed by atoms with Crippen molar-refractivity contribution in [1.82, 2.24) is 9.55 Å². The number of thioether (sulfide) groups is 1. The van der Waals surface area contributed by atoms with Gasteiger partial charge in [0.05, 0.1) is 28.0 Å². The van der Waals surface area contributed by atoms with Crippen molar-refractivity contribution in [2.75, 3.05) is 12.0 Å². The summed E-state index contributed by atoms with van der Waals surface area (Å²) in [6.45, 7) is 2.78. The van der Waals surface area contributed by atoms with Crippen molar-refractivity contribution < 1.29 is 0 Å². The quantitative estimate of drug-likeness (QED) is 0.804. The van der Waals surface area contributed by atoms with E-state index in [1.54, 1.807) is 17.8 Å².